The molecule has 1 fully saturated rings. The molecule has 0 radical (unpaired) electrons. The number of guanidine groups is 2. The highest BCUT2D eigenvalue weighted by molar-refractivity contribution is 5.96. The van der Waals surface area contributed by atoms with Crippen LogP contribution in [0.4, 0.5) is 0 Å². The summed E-state index contributed by atoms with van der Waals surface area (Å²) in [6.07, 6.45) is 4.90. The van der Waals surface area contributed by atoms with Crippen LogP contribution < -0.4 is 16.4 Å². The van der Waals surface area contributed by atoms with Crippen molar-refractivity contribution in [1.82, 2.24) is 10.6 Å². The molecule has 0 aromatic rings. The zero-order valence-electron chi connectivity index (χ0n) is 8.34. The van der Waals surface area contributed by atoms with Crippen molar-refractivity contribution in [1.29, 1.82) is 5.41 Å². The summed E-state index contributed by atoms with van der Waals surface area (Å²) in [6, 6.07) is 0.491. The maximum Gasteiger partial charge on any atom is 0.198 e. The smallest absolute Gasteiger partial charge is 0.198 e. The van der Waals surface area contributed by atoms with E-state index in [1.807, 2.05) is 0 Å². The lowest BCUT2D eigenvalue weighted by molar-refractivity contribution is 0.623. The maximum atomic E-state index is 7.05. The normalized spacial score (nSPS) is 17.4. The van der Waals surface area contributed by atoms with Crippen LogP contribution in [0.15, 0.2) is 4.99 Å². The largest absolute Gasteiger partial charge is 0.370 e. The second-order valence-corrected chi connectivity index (χ2v) is 3.24. The highest BCUT2D eigenvalue weighted by Gasteiger charge is 2.15. The van der Waals surface area contributed by atoms with E-state index >= 15 is 0 Å². The van der Waals surface area contributed by atoms with Gasteiger partial charge in [0.2, 0.25) is 0 Å². The molecule has 0 amide bonds. The van der Waals surface area contributed by atoms with Crippen LogP contribution in [0, 0.1) is 5.41 Å². The summed E-state index contributed by atoms with van der Waals surface area (Å²) in [5.41, 5.74) is 5.19. The van der Waals surface area contributed by atoms with E-state index < -0.39 is 0 Å². The van der Waals surface area contributed by atoms with Gasteiger partial charge in [0.05, 0.1) is 0 Å². The molecule has 5 N–H and O–H groups in total. The Kier molecular flexibility index (Phi) is 6.03. The van der Waals surface area contributed by atoms with Crippen molar-refractivity contribution < 1.29 is 0 Å². The van der Waals surface area contributed by atoms with Crippen LogP contribution >= 0.6 is 12.4 Å². The second-order valence-electron chi connectivity index (χ2n) is 3.24. The summed E-state index contributed by atoms with van der Waals surface area (Å²) in [5.74, 6) is 0.519. The molecule has 0 unspecified atom stereocenters. The number of halogens is 1. The van der Waals surface area contributed by atoms with Crippen LogP contribution in [0.3, 0.4) is 0 Å². The van der Waals surface area contributed by atoms with Gasteiger partial charge >= 0.3 is 0 Å². The molecule has 0 bridgehead atoms. The molecular weight excluding hydrogens is 202 g/mol. The van der Waals surface area contributed by atoms with Crippen molar-refractivity contribution in [3.05, 3.63) is 0 Å². The van der Waals surface area contributed by atoms with Gasteiger partial charge in [0.1, 0.15) is 0 Å². The first-order chi connectivity index (χ1) is 6.22. The molecule has 5 nitrogen and oxygen atoms in total. The molecule has 0 aliphatic heterocycles. The minimum absolute atomic E-state index is 0. The standard InChI is InChI=1S/C8H17N5.ClH/c1-11-8(13-7(9)10)12-6-4-2-3-5-6;/h6H,2-5H2,1H3,(H5,9,10,11,12,13);1H. The van der Waals surface area contributed by atoms with Gasteiger partial charge in [0.25, 0.3) is 0 Å². The van der Waals surface area contributed by atoms with E-state index in [0.29, 0.717) is 12.0 Å². The van der Waals surface area contributed by atoms with Crippen molar-refractivity contribution in [2.75, 3.05) is 7.05 Å². The van der Waals surface area contributed by atoms with Crippen LogP contribution in [0.1, 0.15) is 25.7 Å². The lowest BCUT2D eigenvalue weighted by atomic mass is 10.2. The van der Waals surface area contributed by atoms with E-state index in [1.54, 1.807) is 7.05 Å². The highest BCUT2D eigenvalue weighted by atomic mass is 35.5. The molecule has 0 aromatic heterocycles. The molecule has 1 rings (SSSR count). The van der Waals surface area contributed by atoms with Crippen LogP contribution in [0.25, 0.3) is 0 Å². The minimum atomic E-state index is -0.0777. The molecule has 0 aromatic carbocycles. The van der Waals surface area contributed by atoms with Crippen LogP contribution in [0.2, 0.25) is 0 Å². The van der Waals surface area contributed by atoms with Gasteiger partial charge in [-0.05, 0) is 12.8 Å². The Bertz CT molecular complexity index is 210. The maximum absolute atomic E-state index is 7.05. The molecule has 0 saturated heterocycles. The number of hydrogen-bond donors (Lipinski definition) is 4. The lowest BCUT2D eigenvalue weighted by Gasteiger charge is -2.15. The fourth-order valence-corrected chi connectivity index (χ4v) is 1.55. The van der Waals surface area contributed by atoms with Gasteiger partial charge in [-0.2, -0.15) is 0 Å². The van der Waals surface area contributed by atoms with Crippen LogP contribution in [-0.4, -0.2) is 25.0 Å². The summed E-state index contributed by atoms with van der Waals surface area (Å²) >= 11 is 0. The number of nitrogens with one attached hydrogen (secondary N) is 3. The van der Waals surface area contributed by atoms with Gasteiger partial charge in [0.15, 0.2) is 11.9 Å². The molecule has 1 aliphatic rings. The zero-order chi connectivity index (χ0) is 9.68. The first-order valence-corrected chi connectivity index (χ1v) is 4.56. The number of hydrogen-bond acceptors (Lipinski definition) is 2. The fourth-order valence-electron chi connectivity index (χ4n) is 1.55. The number of nitrogens with two attached hydrogens (primary N) is 1. The number of aliphatic imine (C=N–C) groups is 1. The van der Waals surface area contributed by atoms with Crippen molar-refractivity contribution in [3.8, 4) is 0 Å². The van der Waals surface area contributed by atoms with E-state index in [9.17, 15) is 0 Å². The molecule has 0 spiro atoms. The first-order valence-electron chi connectivity index (χ1n) is 4.56. The summed E-state index contributed by atoms with van der Waals surface area (Å²) in [7, 11) is 1.67. The zero-order valence-corrected chi connectivity index (χ0v) is 9.16. The molecule has 6 heteroatoms. The van der Waals surface area contributed by atoms with Crippen LogP contribution in [-0.2, 0) is 0 Å². The second kappa shape index (κ2) is 6.48. The van der Waals surface area contributed by atoms with Gasteiger partial charge < -0.3 is 11.1 Å². The average molecular weight is 220 g/mol. The Morgan fingerprint density at radius 3 is 2.43 bits per heavy atom. The Balaban J connectivity index is 0.00000169. The predicted molar refractivity (Wildman–Crippen MR) is 61.0 cm³/mol. The quantitative estimate of drug-likeness (QED) is 0.381. The molecule has 1 saturated carbocycles. The summed E-state index contributed by atoms with van der Waals surface area (Å²) in [4.78, 5) is 3.97. The Morgan fingerprint density at radius 2 is 2.00 bits per heavy atom. The minimum Gasteiger partial charge on any atom is -0.370 e. The molecule has 0 atom stereocenters. The molecule has 1 aliphatic carbocycles. The lowest BCUT2D eigenvalue weighted by Crippen LogP contribution is -2.47. The molecular formula is C8H18ClN5. The summed E-state index contributed by atoms with van der Waals surface area (Å²) < 4.78 is 0. The van der Waals surface area contributed by atoms with Crippen molar-refractivity contribution in [2.24, 2.45) is 10.7 Å². The third kappa shape index (κ3) is 4.32. The number of nitrogens with zero attached hydrogens (tertiary/aromatic N) is 1. The van der Waals surface area contributed by atoms with E-state index in [2.05, 4.69) is 15.6 Å². The van der Waals surface area contributed by atoms with Gasteiger partial charge in [-0.15, -0.1) is 12.4 Å². The third-order valence-corrected chi connectivity index (χ3v) is 2.17. The SMILES string of the molecule is CN=C(NC(=N)N)NC1CCCC1.Cl. The van der Waals surface area contributed by atoms with E-state index in [0.717, 1.165) is 0 Å². The topological polar surface area (TPSA) is 86.3 Å². The van der Waals surface area contributed by atoms with Crippen LogP contribution in [0.5, 0.6) is 0 Å². The Labute approximate surface area is 90.5 Å². The third-order valence-electron chi connectivity index (χ3n) is 2.17. The van der Waals surface area contributed by atoms with Gasteiger partial charge in [-0.1, -0.05) is 12.8 Å². The average Bonchev–Trinajstić information content (AvgIpc) is 2.55. The summed E-state index contributed by atoms with van der Waals surface area (Å²) in [6.45, 7) is 0. The van der Waals surface area contributed by atoms with Crippen molar-refractivity contribution in [2.45, 2.75) is 31.7 Å². The van der Waals surface area contributed by atoms with E-state index in [1.165, 1.54) is 25.7 Å². The molecule has 82 valence electrons. The van der Waals surface area contributed by atoms with Gasteiger partial charge in [-0.25, -0.2) is 0 Å². The monoisotopic (exact) mass is 219 g/mol. The number of rotatable bonds is 1. The van der Waals surface area contributed by atoms with E-state index in [-0.39, 0.29) is 18.4 Å². The predicted octanol–water partition coefficient (Wildman–Crippen LogP) is 0.409. The fraction of sp³-hybridized carbons (Fsp3) is 0.750. The Hall–Kier alpha value is -0.970. The van der Waals surface area contributed by atoms with E-state index in [4.69, 9.17) is 11.1 Å². The highest BCUT2D eigenvalue weighted by Crippen LogP contribution is 2.17. The molecule has 0 heterocycles. The van der Waals surface area contributed by atoms with Gasteiger partial charge in [-0.3, -0.25) is 15.7 Å². The Morgan fingerprint density at radius 1 is 1.43 bits per heavy atom. The van der Waals surface area contributed by atoms with Crippen molar-refractivity contribution in [3.63, 3.8) is 0 Å². The first kappa shape index (κ1) is 13.0. The van der Waals surface area contributed by atoms with Crippen molar-refractivity contribution >= 4 is 24.3 Å². The van der Waals surface area contributed by atoms with Gasteiger partial charge in [0, 0.05) is 13.1 Å². The summed E-state index contributed by atoms with van der Waals surface area (Å²) in [5, 5.41) is 12.9. The molecule has 14 heavy (non-hydrogen) atoms.